The van der Waals surface area contributed by atoms with E-state index in [4.69, 9.17) is 0 Å². The molecule has 0 aliphatic heterocycles. The fraction of sp³-hybridized carbons (Fsp3) is 0. The fourth-order valence-electron chi connectivity index (χ4n) is 1.15. The summed E-state index contributed by atoms with van der Waals surface area (Å²) in [6.07, 6.45) is 0. The van der Waals surface area contributed by atoms with Gasteiger partial charge in [0, 0.05) is 26.2 Å². The molecule has 0 saturated heterocycles. The monoisotopic (exact) mass is 443 g/mol. The van der Waals surface area contributed by atoms with Crippen LogP contribution in [0.2, 0.25) is 0 Å². The first-order chi connectivity index (χ1) is 9.00. The first-order valence-electron chi connectivity index (χ1n) is 6.00. The van der Waals surface area contributed by atoms with Gasteiger partial charge in [0.05, 0.1) is 0 Å². The Labute approximate surface area is 135 Å². The van der Waals surface area contributed by atoms with E-state index in [-0.39, 0.29) is 26.2 Å². The van der Waals surface area contributed by atoms with Crippen LogP contribution in [0.3, 0.4) is 0 Å². The Kier molecular flexibility index (Phi) is 13.5. The summed E-state index contributed by atoms with van der Waals surface area (Å²) >= 11 is 0. The molecule has 0 aliphatic carbocycles. The molecule has 0 spiro atoms. The van der Waals surface area contributed by atoms with Crippen LogP contribution >= 0.6 is 0 Å². The van der Waals surface area contributed by atoms with E-state index in [1.54, 1.807) is 0 Å². The first kappa shape index (κ1) is 17.5. The van der Waals surface area contributed by atoms with E-state index in [0.717, 1.165) is 0 Å². The van der Waals surface area contributed by atoms with Gasteiger partial charge in [-0.1, -0.05) is 109 Å². The summed E-state index contributed by atoms with van der Waals surface area (Å²) in [6.45, 7) is 0. The van der Waals surface area contributed by atoms with Crippen molar-refractivity contribution in [3.05, 3.63) is 109 Å². The molecule has 3 aromatic carbocycles. The summed E-state index contributed by atoms with van der Waals surface area (Å²) < 4.78 is 0. The Morgan fingerprint density at radius 1 is 0.158 bits per heavy atom. The molecule has 0 atom stereocenters. The minimum atomic E-state index is 0. The van der Waals surface area contributed by atoms with Crippen molar-refractivity contribution in [1.82, 2.24) is 0 Å². The third kappa shape index (κ3) is 12.8. The summed E-state index contributed by atoms with van der Waals surface area (Å²) in [7, 11) is 0. The van der Waals surface area contributed by atoms with Crippen LogP contribution in [0.25, 0.3) is 0 Å². The van der Waals surface area contributed by atoms with Gasteiger partial charge in [-0.2, -0.15) is 0 Å². The summed E-state index contributed by atoms with van der Waals surface area (Å²) in [5, 5.41) is 0. The van der Waals surface area contributed by atoms with Crippen molar-refractivity contribution >= 4 is 26.2 Å². The van der Waals surface area contributed by atoms with Crippen LogP contribution in [0.1, 0.15) is 0 Å². The molecule has 1 heteroatoms. The molecule has 0 heterocycles. The Balaban J connectivity index is 0.000000249. The Bertz CT molecular complexity index is 296. The molecule has 0 saturated carbocycles. The van der Waals surface area contributed by atoms with Crippen LogP contribution in [0.4, 0.5) is 0 Å². The summed E-state index contributed by atoms with van der Waals surface area (Å²) in [6, 6.07) is 36.0. The van der Waals surface area contributed by atoms with Gasteiger partial charge in [-0.05, 0) is 0 Å². The van der Waals surface area contributed by atoms with Gasteiger partial charge in [-0.15, -0.1) is 0 Å². The van der Waals surface area contributed by atoms with Crippen LogP contribution in [0.15, 0.2) is 109 Å². The minimum absolute atomic E-state index is 0. The second-order valence-electron chi connectivity index (χ2n) is 3.46. The predicted molar refractivity (Wildman–Crippen MR) is 85.1 cm³/mol. The van der Waals surface area contributed by atoms with Gasteiger partial charge in [0.15, 0.2) is 0 Å². The van der Waals surface area contributed by atoms with E-state index < -0.39 is 0 Å². The van der Waals surface area contributed by atoms with Crippen LogP contribution in [0, 0.1) is 0 Å². The van der Waals surface area contributed by atoms with Gasteiger partial charge in [-0.3, -0.25) is 0 Å². The molecule has 0 N–H and O–H groups in total. The van der Waals surface area contributed by atoms with Crippen molar-refractivity contribution in [3.63, 3.8) is 0 Å². The molecule has 0 fully saturated rings. The van der Waals surface area contributed by atoms with E-state index in [1.165, 1.54) is 0 Å². The standard InChI is InChI=1S/3C6H6.Bi/c3*1-2-4-6-5-3-1;/h3*1-6H;. The molecular weight excluding hydrogens is 425 g/mol. The zero-order valence-electron chi connectivity index (χ0n) is 10.8. The molecule has 0 aromatic heterocycles. The largest absolute Gasteiger partial charge is 0.0623 e. The van der Waals surface area contributed by atoms with Crippen LogP contribution in [-0.4, -0.2) is 26.2 Å². The zero-order valence-corrected chi connectivity index (χ0v) is 14.3. The maximum absolute atomic E-state index is 2.00. The predicted octanol–water partition coefficient (Wildman–Crippen LogP) is 4.68. The quantitative estimate of drug-likeness (QED) is 0.443. The summed E-state index contributed by atoms with van der Waals surface area (Å²) in [5.74, 6) is 0. The molecule has 0 nitrogen and oxygen atoms in total. The van der Waals surface area contributed by atoms with E-state index in [9.17, 15) is 0 Å². The molecule has 0 amide bonds. The fourth-order valence-corrected chi connectivity index (χ4v) is 1.15. The maximum Gasteiger partial charge on any atom is 0 e. The van der Waals surface area contributed by atoms with Gasteiger partial charge < -0.3 is 0 Å². The third-order valence-corrected chi connectivity index (χ3v) is 2.00. The van der Waals surface area contributed by atoms with Gasteiger partial charge in [0.1, 0.15) is 0 Å². The van der Waals surface area contributed by atoms with Crippen LogP contribution in [0.5, 0.6) is 0 Å². The Hall–Kier alpha value is -1.46. The minimum Gasteiger partial charge on any atom is -0.0623 e. The molecule has 3 aromatic rings. The molecule has 0 bridgehead atoms. The van der Waals surface area contributed by atoms with E-state index in [2.05, 4.69) is 0 Å². The van der Waals surface area contributed by atoms with Gasteiger partial charge in [0.2, 0.25) is 0 Å². The van der Waals surface area contributed by atoms with E-state index in [1.807, 2.05) is 109 Å². The van der Waals surface area contributed by atoms with Gasteiger partial charge in [-0.25, -0.2) is 0 Å². The average molecular weight is 443 g/mol. The van der Waals surface area contributed by atoms with E-state index in [0.29, 0.717) is 0 Å². The van der Waals surface area contributed by atoms with Crippen molar-refractivity contribution in [2.45, 2.75) is 0 Å². The van der Waals surface area contributed by atoms with Crippen molar-refractivity contribution in [3.8, 4) is 0 Å². The van der Waals surface area contributed by atoms with Crippen LogP contribution in [-0.2, 0) is 0 Å². The summed E-state index contributed by atoms with van der Waals surface area (Å²) in [5.41, 5.74) is 0. The van der Waals surface area contributed by atoms with Crippen molar-refractivity contribution in [2.75, 3.05) is 0 Å². The van der Waals surface area contributed by atoms with Gasteiger partial charge >= 0.3 is 0 Å². The maximum atomic E-state index is 2.00. The van der Waals surface area contributed by atoms with Crippen molar-refractivity contribution in [1.29, 1.82) is 0 Å². The summed E-state index contributed by atoms with van der Waals surface area (Å²) in [4.78, 5) is 0. The number of hydrogen-bond donors (Lipinski definition) is 0. The molecule has 3 radical (unpaired) electrons. The van der Waals surface area contributed by atoms with Crippen LogP contribution < -0.4 is 0 Å². The molecule has 95 valence electrons. The zero-order chi connectivity index (χ0) is 12.7. The van der Waals surface area contributed by atoms with Crippen molar-refractivity contribution < 1.29 is 0 Å². The molecular formula is C18H18Bi. The third-order valence-electron chi connectivity index (χ3n) is 2.00. The molecule has 3 rings (SSSR count). The second-order valence-corrected chi connectivity index (χ2v) is 3.46. The topological polar surface area (TPSA) is 0 Å². The second kappa shape index (κ2) is 14.6. The van der Waals surface area contributed by atoms with Gasteiger partial charge in [0.25, 0.3) is 0 Å². The SMILES string of the molecule is [Bi].c1ccccc1.c1ccccc1.c1ccccc1. The number of rotatable bonds is 0. The number of hydrogen-bond acceptors (Lipinski definition) is 0. The normalized spacial score (nSPS) is 7.58. The number of benzene rings is 3. The average Bonchev–Trinajstić information content (AvgIpc) is 2.54. The molecule has 19 heavy (non-hydrogen) atoms. The molecule has 0 aliphatic rings. The Morgan fingerprint density at radius 3 is 0.263 bits per heavy atom. The Morgan fingerprint density at radius 2 is 0.211 bits per heavy atom. The van der Waals surface area contributed by atoms with Crippen molar-refractivity contribution in [2.24, 2.45) is 0 Å². The molecule has 0 unspecified atom stereocenters. The first-order valence-corrected chi connectivity index (χ1v) is 6.00. The van der Waals surface area contributed by atoms with E-state index >= 15 is 0 Å². The smallest absolute Gasteiger partial charge is 0 e.